The van der Waals surface area contributed by atoms with Gasteiger partial charge in [-0.25, -0.2) is 8.42 Å². The molecule has 0 heterocycles. The summed E-state index contributed by atoms with van der Waals surface area (Å²) in [6, 6.07) is 6.66. The van der Waals surface area contributed by atoms with Crippen molar-refractivity contribution >= 4 is 10.0 Å². The van der Waals surface area contributed by atoms with Gasteiger partial charge in [-0.2, -0.15) is 0 Å². The number of sulfonamides is 1. The summed E-state index contributed by atoms with van der Waals surface area (Å²) in [6.07, 6.45) is 1.35. The summed E-state index contributed by atoms with van der Waals surface area (Å²) in [7, 11) is -3.50. The number of hydrogen-bond acceptors (Lipinski definition) is 3. The van der Waals surface area contributed by atoms with E-state index in [2.05, 4.69) is 4.72 Å². The van der Waals surface area contributed by atoms with Gasteiger partial charge in [-0.15, -0.1) is 0 Å². The van der Waals surface area contributed by atoms with Crippen molar-refractivity contribution in [2.45, 2.75) is 25.7 Å². The van der Waals surface area contributed by atoms with Crippen LogP contribution in [0.1, 0.15) is 19.4 Å². The molecule has 17 heavy (non-hydrogen) atoms. The van der Waals surface area contributed by atoms with Gasteiger partial charge in [-0.05, 0) is 32.9 Å². The molecule has 0 unspecified atom stereocenters. The van der Waals surface area contributed by atoms with Crippen LogP contribution < -0.4 is 4.72 Å². The second-order valence-corrected chi connectivity index (χ2v) is 5.34. The average Bonchev–Trinajstić information content (AvgIpc) is 2.28. The minimum absolute atomic E-state index is 0.239. The van der Waals surface area contributed by atoms with Gasteiger partial charge in [0, 0.05) is 6.20 Å². The normalized spacial score (nSPS) is 12.3. The lowest BCUT2D eigenvalue weighted by atomic mass is 10.2. The predicted octanol–water partition coefficient (Wildman–Crippen LogP) is 2.17. The molecule has 0 radical (unpaired) electrons. The summed E-state index contributed by atoms with van der Waals surface area (Å²) in [6.45, 7) is 5.95. The molecule has 0 aliphatic rings. The summed E-state index contributed by atoms with van der Waals surface area (Å²) in [5.74, 6) is 0.531. The molecule has 0 atom stereocenters. The summed E-state index contributed by atoms with van der Waals surface area (Å²) in [4.78, 5) is 0.239. The van der Waals surface area contributed by atoms with Crippen molar-refractivity contribution in [1.29, 1.82) is 0 Å². The van der Waals surface area contributed by atoms with Crippen LogP contribution in [0, 0.1) is 6.92 Å². The Morgan fingerprint density at radius 3 is 2.47 bits per heavy atom. The zero-order chi connectivity index (χ0) is 12.9. The lowest BCUT2D eigenvalue weighted by Crippen LogP contribution is -2.18. The van der Waals surface area contributed by atoms with Crippen molar-refractivity contribution in [3.8, 4) is 0 Å². The van der Waals surface area contributed by atoms with Crippen LogP contribution in [-0.4, -0.2) is 15.0 Å². The molecule has 0 bridgehead atoms. The van der Waals surface area contributed by atoms with Gasteiger partial charge in [0.05, 0.1) is 11.5 Å². The van der Waals surface area contributed by atoms with Crippen LogP contribution in [0.2, 0.25) is 0 Å². The Morgan fingerprint density at radius 1 is 1.35 bits per heavy atom. The highest BCUT2D eigenvalue weighted by molar-refractivity contribution is 7.89. The lowest BCUT2D eigenvalue weighted by Gasteiger charge is -2.06. The Balaban J connectivity index is 2.82. The molecule has 0 saturated carbocycles. The maximum atomic E-state index is 11.8. The zero-order valence-corrected chi connectivity index (χ0v) is 11.0. The molecule has 0 saturated heterocycles. The van der Waals surface area contributed by atoms with Crippen LogP contribution in [0.3, 0.4) is 0 Å². The van der Waals surface area contributed by atoms with Gasteiger partial charge in [0.1, 0.15) is 5.76 Å². The van der Waals surface area contributed by atoms with Crippen LogP contribution in [-0.2, 0) is 14.8 Å². The molecule has 94 valence electrons. The van der Waals surface area contributed by atoms with E-state index in [1.165, 1.54) is 6.20 Å². The van der Waals surface area contributed by atoms with Crippen LogP contribution in [0.5, 0.6) is 0 Å². The lowest BCUT2D eigenvalue weighted by molar-refractivity contribution is 0.230. The third-order valence-corrected chi connectivity index (χ3v) is 3.44. The number of allylic oxidation sites excluding steroid dienone is 1. The molecule has 0 amide bonds. The molecule has 1 rings (SSSR count). The summed E-state index contributed by atoms with van der Waals surface area (Å²) < 4.78 is 31.2. The van der Waals surface area contributed by atoms with E-state index in [1.807, 2.05) is 13.8 Å². The molecule has 0 spiro atoms. The van der Waals surface area contributed by atoms with Gasteiger partial charge in [0.25, 0.3) is 10.0 Å². The number of nitrogens with one attached hydrogen (secondary N) is 1. The molecule has 0 aromatic heterocycles. The molecule has 1 aromatic rings. The topological polar surface area (TPSA) is 55.4 Å². The summed E-state index contributed by atoms with van der Waals surface area (Å²) in [5.41, 5.74) is 1.02. The van der Waals surface area contributed by atoms with Crippen LogP contribution >= 0.6 is 0 Å². The largest absolute Gasteiger partial charge is 0.497 e. The third kappa shape index (κ3) is 4.11. The van der Waals surface area contributed by atoms with Crippen LogP contribution in [0.15, 0.2) is 41.1 Å². The van der Waals surface area contributed by atoms with Gasteiger partial charge in [0.2, 0.25) is 0 Å². The third-order valence-electron chi connectivity index (χ3n) is 2.12. The second kappa shape index (κ2) is 5.72. The van der Waals surface area contributed by atoms with E-state index in [-0.39, 0.29) is 4.90 Å². The van der Waals surface area contributed by atoms with E-state index < -0.39 is 10.0 Å². The fourth-order valence-corrected chi connectivity index (χ4v) is 2.17. The molecule has 4 nitrogen and oxygen atoms in total. The number of aryl methyl sites for hydroxylation is 1. The molecular formula is C12H17NO3S. The van der Waals surface area contributed by atoms with Crippen LogP contribution in [0.4, 0.5) is 0 Å². The molecule has 5 heteroatoms. The minimum Gasteiger partial charge on any atom is -0.497 e. The van der Waals surface area contributed by atoms with Crippen LogP contribution in [0.25, 0.3) is 0 Å². The first-order valence-electron chi connectivity index (χ1n) is 5.34. The number of hydrogen-bond donors (Lipinski definition) is 1. The predicted molar refractivity (Wildman–Crippen MR) is 66.9 cm³/mol. The van der Waals surface area contributed by atoms with Crippen molar-refractivity contribution < 1.29 is 13.2 Å². The molecule has 1 N–H and O–H groups in total. The SMILES string of the molecule is CCOC(C)=CNS(=O)(=O)c1ccc(C)cc1. The zero-order valence-electron chi connectivity index (χ0n) is 10.2. The van der Waals surface area contributed by atoms with Gasteiger partial charge < -0.3 is 4.74 Å². The standard InChI is InChI=1S/C12H17NO3S/c1-4-16-11(3)9-13-17(14,15)12-7-5-10(2)6-8-12/h5-9,13H,4H2,1-3H3. The fourth-order valence-electron chi connectivity index (χ4n) is 1.22. The Bertz CT molecular complexity index is 489. The van der Waals surface area contributed by atoms with E-state index in [0.29, 0.717) is 12.4 Å². The van der Waals surface area contributed by atoms with Gasteiger partial charge in [-0.1, -0.05) is 17.7 Å². The molecule has 0 aliphatic heterocycles. The Morgan fingerprint density at radius 2 is 1.94 bits per heavy atom. The maximum absolute atomic E-state index is 11.8. The molecule has 0 fully saturated rings. The highest BCUT2D eigenvalue weighted by atomic mass is 32.2. The Labute approximate surface area is 102 Å². The van der Waals surface area contributed by atoms with Crippen molar-refractivity contribution in [1.82, 2.24) is 4.72 Å². The van der Waals surface area contributed by atoms with E-state index in [4.69, 9.17) is 4.74 Å². The van der Waals surface area contributed by atoms with Gasteiger partial charge in [-0.3, -0.25) is 4.72 Å². The Hall–Kier alpha value is -1.49. The smallest absolute Gasteiger partial charge is 0.261 e. The molecular weight excluding hydrogens is 238 g/mol. The van der Waals surface area contributed by atoms with E-state index in [9.17, 15) is 8.42 Å². The monoisotopic (exact) mass is 255 g/mol. The highest BCUT2D eigenvalue weighted by Gasteiger charge is 2.11. The molecule has 0 aliphatic carbocycles. The van der Waals surface area contributed by atoms with Crippen molar-refractivity contribution in [2.24, 2.45) is 0 Å². The first kappa shape index (κ1) is 13.6. The van der Waals surface area contributed by atoms with E-state index >= 15 is 0 Å². The Kier molecular flexibility index (Phi) is 4.57. The van der Waals surface area contributed by atoms with E-state index in [0.717, 1.165) is 5.56 Å². The van der Waals surface area contributed by atoms with Crippen molar-refractivity contribution in [2.75, 3.05) is 6.61 Å². The number of rotatable bonds is 5. The van der Waals surface area contributed by atoms with E-state index in [1.54, 1.807) is 31.2 Å². The molecule has 1 aromatic carbocycles. The van der Waals surface area contributed by atoms with Gasteiger partial charge in [0.15, 0.2) is 0 Å². The quantitative estimate of drug-likeness (QED) is 0.820. The summed E-state index contributed by atoms with van der Waals surface area (Å²) in [5, 5.41) is 0. The number of benzene rings is 1. The first-order valence-corrected chi connectivity index (χ1v) is 6.82. The number of ether oxygens (including phenoxy) is 1. The maximum Gasteiger partial charge on any atom is 0.261 e. The fraction of sp³-hybridized carbons (Fsp3) is 0.333. The van der Waals surface area contributed by atoms with Crippen molar-refractivity contribution in [3.05, 3.63) is 41.8 Å². The van der Waals surface area contributed by atoms with Crippen molar-refractivity contribution in [3.63, 3.8) is 0 Å². The second-order valence-electron chi connectivity index (χ2n) is 3.62. The summed E-state index contributed by atoms with van der Waals surface area (Å²) >= 11 is 0. The average molecular weight is 255 g/mol. The first-order chi connectivity index (χ1) is 7.95. The van der Waals surface area contributed by atoms with Gasteiger partial charge >= 0.3 is 0 Å². The highest BCUT2D eigenvalue weighted by Crippen LogP contribution is 2.10. The minimum atomic E-state index is -3.50.